The monoisotopic (exact) mass is 270 g/mol. The van der Waals surface area contributed by atoms with Gasteiger partial charge in [0.2, 0.25) is 0 Å². The quantitative estimate of drug-likeness (QED) is 0.832. The van der Waals surface area contributed by atoms with Gasteiger partial charge in [0.15, 0.2) is 0 Å². The van der Waals surface area contributed by atoms with E-state index in [1.165, 1.54) is 36.8 Å². The topological polar surface area (TPSA) is 27.1 Å². The van der Waals surface area contributed by atoms with Crippen molar-refractivity contribution in [3.05, 3.63) is 47.3 Å². The zero-order valence-electron chi connectivity index (χ0n) is 12.3. The minimum absolute atomic E-state index is 0.544. The maximum Gasteiger partial charge on any atom is 0.132 e. The Hall–Kier alpha value is -1.77. The first-order valence-electron chi connectivity index (χ1n) is 7.46. The number of rotatable bonds is 4. The number of hydrogen-bond acceptors (Lipinski definition) is 2. The van der Waals surface area contributed by atoms with Crippen LogP contribution < -0.4 is 4.74 Å². The van der Waals surface area contributed by atoms with E-state index >= 15 is 0 Å². The highest BCUT2D eigenvalue weighted by molar-refractivity contribution is 5.33. The molecule has 1 fully saturated rings. The molecule has 1 aromatic carbocycles. The molecule has 3 heteroatoms. The van der Waals surface area contributed by atoms with Crippen LogP contribution in [0.3, 0.4) is 0 Å². The SMILES string of the molecule is Cc1cc(C)cc(OCc2ccn(C3CCCC3)n2)c1. The van der Waals surface area contributed by atoms with E-state index in [0.717, 1.165) is 11.4 Å². The van der Waals surface area contributed by atoms with Crippen LogP contribution in [0.4, 0.5) is 0 Å². The van der Waals surface area contributed by atoms with Crippen LogP contribution in [-0.2, 0) is 6.61 Å². The number of aromatic nitrogens is 2. The van der Waals surface area contributed by atoms with Crippen LogP contribution in [0.5, 0.6) is 5.75 Å². The van der Waals surface area contributed by atoms with Crippen molar-refractivity contribution in [3.8, 4) is 5.75 Å². The van der Waals surface area contributed by atoms with Gasteiger partial charge < -0.3 is 4.74 Å². The number of ether oxygens (including phenoxy) is 1. The third kappa shape index (κ3) is 3.03. The molecule has 2 aromatic rings. The fraction of sp³-hybridized carbons (Fsp3) is 0.471. The molecule has 0 aliphatic heterocycles. The Morgan fingerprint density at radius 2 is 1.85 bits per heavy atom. The molecule has 1 heterocycles. The van der Waals surface area contributed by atoms with Gasteiger partial charge in [-0.2, -0.15) is 5.10 Å². The Labute approximate surface area is 120 Å². The predicted molar refractivity (Wildman–Crippen MR) is 80.0 cm³/mol. The van der Waals surface area contributed by atoms with Crippen molar-refractivity contribution < 1.29 is 4.74 Å². The Kier molecular flexibility index (Phi) is 3.77. The van der Waals surface area contributed by atoms with Crippen LogP contribution in [0, 0.1) is 13.8 Å². The lowest BCUT2D eigenvalue weighted by Crippen LogP contribution is -2.06. The molecule has 0 spiro atoms. The average Bonchev–Trinajstić information content (AvgIpc) is 3.06. The van der Waals surface area contributed by atoms with Crippen molar-refractivity contribution in [2.24, 2.45) is 0 Å². The summed E-state index contributed by atoms with van der Waals surface area (Å²) in [5.74, 6) is 0.929. The molecule has 106 valence electrons. The standard InChI is InChI=1S/C17H22N2O/c1-13-9-14(2)11-17(10-13)20-12-15-7-8-19(18-15)16-5-3-4-6-16/h7-11,16H,3-6,12H2,1-2H3. The molecule has 1 aromatic heterocycles. The van der Waals surface area contributed by atoms with E-state index in [1.807, 2.05) is 0 Å². The van der Waals surface area contributed by atoms with Gasteiger partial charge in [0.25, 0.3) is 0 Å². The van der Waals surface area contributed by atoms with Gasteiger partial charge in [-0.25, -0.2) is 0 Å². The Bertz CT molecular complexity index is 562. The predicted octanol–water partition coefficient (Wildman–Crippen LogP) is 4.19. The van der Waals surface area contributed by atoms with Gasteiger partial charge in [0, 0.05) is 6.20 Å². The van der Waals surface area contributed by atoms with E-state index in [0.29, 0.717) is 12.6 Å². The third-order valence-electron chi connectivity index (χ3n) is 3.94. The Balaban J connectivity index is 1.63. The van der Waals surface area contributed by atoms with Crippen LogP contribution in [-0.4, -0.2) is 9.78 Å². The summed E-state index contributed by atoms with van der Waals surface area (Å²) in [6.45, 7) is 4.73. The fourth-order valence-electron chi connectivity index (χ4n) is 3.00. The molecule has 20 heavy (non-hydrogen) atoms. The lowest BCUT2D eigenvalue weighted by Gasteiger charge is -2.09. The first-order chi connectivity index (χ1) is 9.70. The summed E-state index contributed by atoms with van der Waals surface area (Å²) >= 11 is 0. The summed E-state index contributed by atoms with van der Waals surface area (Å²) in [5, 5.41) is 4.64. The van der Waals surface area contributed by atoms with E-state index in [1.54, 1.807) is 0 Å². The summed E-state index contributed by atoms with van der Waals surface area (Å²) in [7, 11) is 0. The third-order valence-corrected chi connectivity index (χ3v) is 3.94. The highest BCUT2D eigenvalue weighted by Crippen LogP contribution is 2.28. The molecule has 1 aliphatic carbocycles. The second-order valence-corrected chi connectivity index (χ2v) is 5.84. The van der Waals surface area contributed by atoms with E-state index in [9.17, 15) is 0 Å². The maximum atomic E-state index is 5.85. The van der Waals surface area contributed by atoms with Crippen LogP contribution in [0.25, 0.3) is 0 Å². The smallest absolute Gasteiger partial charge is 0.132 e. The van der Waals surface area contributed by atoms with E-state index in [2.05, 4.69) is 54.1 Å². The molecular formula is C17H22N2O. The highest BCUT2D eigenvalue weighted by atomic mass is 16.5. The molecule has 3 rings (SSSR count). The first-order valence-corrected chi connectivity index (χ1v) is 7.46. The maximum absolute atomic E-state index is 5.85. The van der Waals surface area contributed by atoms with Crippen molar-refractivity contribution in [1.29, 1.82) is 0 Å². The van der Waals surface area contributed by atoms with E-state index in [-0.39, 0.29) is 0 Å². The van der Waals surface area contributed by atoms with Gasteiger partial charge in [-0.1, -0.05) is 18.9 Å². The Morgan fingerprint density at radius 3 is 2.55 bits per heavy atom. The van der Waals surface area contributed by atoms with Crippen LogP contribution in [0.15, 0.2) is 30.5 Å². The zero-order chi connectivity index (χ0) is 13.9. The molecule has 0 bridgehead atoms. The molecule has 0 unspecified atom stereocenters. The number of benzene rings is 1. The summed E-state index contributed by atoms with van der Waals surface area (Å²) in [5.41, 5.74) is 3.48. The normalized spacial score (nSPS) is 15.7. The molecule has 1 saturated carbocycles. The average molecular weight is 270 g/mol. The molecule has 0 N–H and O–H groups in total. The fourth-order valence-corrected chi connectivity index (χ4v) is 3.00. The minimum atomic E-state index is 0.544. The van der Waals surface area contributed by atoms with Crippen LogP contribution >= 0.6 is 0 Å². The van der Waals surface area contributed by atoms with Crippen molar-refractivity contribution in [3.63, 3.8) is 0 Å². The van der Waals surface area contributed by atoms with Crippen molar-refractivity contribution >= 4 is 0 Å². The summed E-state index contributed by atoms with van der Waals surface area (Å²) < 4.78 is 7.97. The summed E-state index contributed by atoms with van der Waals surface area (Å²) in [4.78, 5) is 0. The number of aryl methyl sites for hydroxylation is 2. The summed E-state index contributed by atoms with van der Waals surface area (Å²) in [6.07, 6.45) is 7.28. The van der Waals surface area contributed by atoms with Crippen LogP contribution in [0.1, 0.15) is 48.5 Å². The lowest BCUT2D eigenvalue weighted by molar-refractivity contribution is 0.297. The molecule has 0 saturated heterocycles. The van der Waals surface area contributed by atoms with Gasteiger partial charge in [0.05, 0.1) is 11.7 Å². The second-order valence-electron chi connectivity index (χ2n) is 5.84. The molecule has 0 amide bonds. The Morgan fingerprint density at radius 1 is 1.15 bits per heavy atom. The molecule has 1 aliphatic rings. The first kappa shape index (κ1) is 13.2. The van der Waals surface area contributed by atoms with Crippen molar-refractivity contribution in [2.45, 2.75) is 52.2 Å². The number of hydrogen-bond donors (Lipinski definition) is 0. The summed E-state index contributed by atoms with van der Waals surface area (Å²) in [6, 6.07) is 8.97. The molecule has 0 atom stereocenters. The van der Waals surface area contributed by atoms with Gasteiger partial charge in [0.1, 0.15) is 12.4 Å². The zero-order valence-corrected chi connectivity index (χ0v) is 12.3. The number of nitrogens with zero attached hydrogens (tertiary/aromatic N) is 2. The lowest BCUT2D eigenvalue weighted by atomic mass is 10.1. The minimum Gasteiger partial charge on any atom is -0.487 e. The van der Waals surface area contributed by atoms with E-state index < -0.39 is 0 Å². The van der Waals surface area contributed by atoms with Crippen molar-refractivity contribution in [2.75, 3.05) is 0 Å². The van der Waals surface area contributed by atoms with Gasteiger partial charge >= 0.3 is 0 Å². The highest BCUT2D eigenvalue weighted by Gasteiger charge is 2.17. The van der Waals surface area contributed by atoms with Gasteiger partial charge in [-0.05, 0) is 56.0 Å². The van der Waals surface area contributed by atoms with E-state index in [4.69, 9.17) is 4.74 Å². The molecule has 0 radical (unpaired) electrons. The largest absolute Gasteiger partial charge is 0.487 e. The molecule has 3 nitrogen and oxygen atoms in total. The van der Waals surface area contributed by atoms with Gasteiger partial charge in [-0.3, -0.25) is 4.68 Å². The molecular weight excluding hydrogens is 248 g/mol. The van der Waals surface area contributed by atoms with Gasteiger partial charge in [-0.15, -0.1) is 0 Å². The van der Waals surface area contributed by atoms with Crippen molar-refractivity contribution in [1.82, 2.24) is 9.78 Å². The second kappa shape index (κ2) is 5.70. The van der Waals surface area contributed by atoms with Crippen LogP contribution in [0.2, 0.25) is 0 Å².